The minimum Gasteiger partial charge on any atom is -0.431 e. The molecule has 2 aromatic carbocycles. The molecule has 8 nitrogen and oxygen atoms in total. The Balaban J connectivity index is 1.46. The average Bonchev–Trinajstić information content (AvgIpc) is 3.06. The van der Waals surface area contributed by atoms with Crippen LogP contribution in [0.2, 0.25) is 5.02 Å². The summed E-state index contributed by atoms with van der Waals surface area (Å²) in [6, 6.07) is 15.5. The maximum Gasteiger partial charge on any atom is 0.348 e. The molecule has 2 heterocycles. The summed E-state index contributed by atoms with van der Waals surface area (Å²) in [5.41, 5.74) is 2.13. The highest BCUT2D eigenvalue weighted by molar-refractivity contribution is 6.31. The third kappa shape index (κ3) is 4.11. The average molecular weight is 422 g/mol. The lowest BCUT2D eigenvalue weighted by Crippen LogP contribution is -2.36. The van der Waals surface area contributed by atoms with Crippen LogP contribution < -0.4 is 5.32 Å². The summed E-state index contributed by atoms with van der Waals surface area (Å²) in [5, 5.41) is 12.3. The second-order valence-corrected chi connectivity index (χ2v) is 7.08. The van der Waals surface area contributed by atoms with Crippen LogP contribution in [0.4, 0.5) is 10.5 Å². The molecule has 0 bridgehead atoms. The molecular weight excluding hydrogens is 406 g/mol. The number of hydrogen-bond acceptors (Lipinski definition) is 5. The number of aliphatic imine (C=N–C) groups is 1. The highest BCUT2D eigenvalue weighted by Crippen LogP contribution is 2.22. The zero-order valence-corrected chi connectivity index (χ0v) is 16.5. The number of carbonyl (C=O) groups excluding carboxylic acids is 2. The van der Waals surface area contributed by atoms with Crippen molar-refractivity contribution < 1.29 is 14.3 Å². The van der Waals surface area contributed by atoms with Crippen molar-refractivity contribution >= 4 is 35.2 Å². The third-order valence-electron chi connectivity index (χ3n) is 4.60. The van der Waals surface area contributed by atoms with Crippen LogP contribution in [0.5, 0.6) is 0 Å². The number of carbonyl (C=O) groups is 2. The fourth-order valence-corrected chi connectivity index (χ4v) is 3.34. The molecule has 0 aliphatic carbocycles. The van der Waals surface area contributed by atoms with Gasteiger partial charge in [0.25, 0.3) is 5.91 Å². The van der Waals surface area contributed by atoms with Crippen LogP contribution in [-0.4, -0.2) is 40.8 Å². The summed E-state index contributed by atoms with van der Waals surface area (Å²) in [5.74, 6) is -0.398. The Hall–Kier alpha value is -3.83. The van der Waals surface area contributed by atoms with Gasteiger partial charge in [0.2, 0.25) is 0 Å². The first-order valence-electron chi connectivity index (χ1n) is 9.11. The number of urea groups is 1. The van der Waals surface area contributed by atoms with Crippen molar-refractivity contribution in [2.24, 2.45) is 4.99 Å². The second kappa shape index (κ2) is 8.27. The Morgan fingerprint density at radius 1 is 1.23 bits per heavy atom. The van der Waals surface area contributed by atoms with Gasteiger partial charge in [-0.1, -0.05) is 29.8 Å². The van der Waals surface area contributed by atoms with Crippen molar-refractivity contribution in [2.45, 2.75) is 6.54 Å². The highest BCUT2D eigenvalue weighted by atomic mass is 35.5. The molecule has 150 valence electrons. The van der Waals surface area contributed by atoms with Crippen LogP contribution in [-0.2, 0) is 16.1 Å². The Labute approximate surface area is 177 Å². The number of benzene rings is 2. The maximum absolute atomic E-state index is 12.7. The van der Waals surface area contributed by atoms with Crippen molar-refractivity contribution in [1.29, 1.82) is 5.26 Å². The van der Waals surface area contributed by atoms with E-state index in [2.05, 4.69) is 16.4 Å². The van der Waals surface area contributed by atoms with Crippen LogP contribution >= 0.6 is 11.6 Å². The van der Waals surface area contributed by atoms with E-state index in [9.17, 15) is 9.59 Å². The molecule has 0 saturated carbocycles. The van der Waals surface area contributed by atoms with E-state index >= 15 is 0 Å². The maximum atomic E-state index is 12.7. The summed E-state index contributed by atoms with van der Waals surface area (Å²) < 4.78 is 5.37. The van der Waals surface area contributed by atoms with Gasteiger partial charge in [-0.05, 0) is 35.9 Å². The van der Waals surface area contributed by atoms with Crippen molar-refractivity contribution in [3.63, 3.8) is 0 Å². The van der Waals surface area contributed by atoms with Gasteiger partial charge < -0.3 is 15.0 Å². The molecule has 0 spiro atoms. The molecule has 0 unspecified atom stereocenters. The van der Waals surface area contributed by atoms with Gasteiger partial charge in [-0.15, -0.1) is 4.99 Å². The number of hydrogen-bond donors (Lipinski definition) is 1. The Kier molecular flexibility index (Phi) is 5.37. The van der Waals surface area contributed by atoms with Gasteiger partial charge in [0.15, 0.2) is 0 Å². The highest BCUT2D eigenvalue weighted by Gasteiger charge is 2.33. The van der Waals surface area contributed by atoms with E-state index in [0.29, 0.717) is 35.9 Å². The SMILES string of the molecule is N#Cc1cccc(CN2CCN3C(C(=O)Nc4cccc(Cl)c4)=COC3=NC2=O)c1. The second-order valence-electron chi connectivity index (χ2n) is 6.65. The molecule has 0 atom stereocenters. The minimum atomic E-state index is -0.472. The molecule has 2 aliphatic heterocycles. The predicted molar refractivity (Wildman–Crippen MR) is 110 cm³/mol. The fourth-order valence-electron chi connectivity index (χ4n) is 3.15. The Morgan fingerprint density at radius 3 is 2.87 bits per heavy atom. The summed E-state index contributed by atoms with van der Waals surface area (Å²) >= 11 is 5.96. The van der Waals surface area contributed by atoms with E-state index in [4.69, 9.17) is 21.6 Å². The van der Waals surface area contributed by atoms with Gasteiger partial charge in [0.1, 0.15) is 12.0 Å². The zero-order valence-electron chi connectivity index (χ0n) is 15.7. The summed E-state index contributed by atoms with van der Waals surface area (Å²) in [7, 11) is 0. The molecule has 0 aromatic heterocycles. The van der Waals surface area contributed by atoms with E-state index in [1.165, 1.54) is 11.2 Å². The molecular formula is C21H16ClN5O3. The lowest BCUT2D eigenvalue weighted by molar-refractivity contribution is -0.113. The zero-order chi connectivity index (χ0) is 21.1. The molecule has 2 aliphatic rings. The first kappa shape index (κ1) is 19.5. The number of rotatable bonds is 4. The number of amidine groups is 1. The topological polar surface area (TPSA) is 98.0 Å². The van der Waals surface area contributed by atoms with Gasteiger partial charge in [0, 0.05) is 30.3 Å². The molecule has 0 saturated heterocycles. The molecule has 0 radical (unpaired) electrons. The van der Waals surface area contributed by atoms with Crippen LogP contribution in [0.3, 0.4) is 0 Å². The molecule has 1 N–H and O–H groups in total. The largest absolute Gasteiger partial charge is 0.431 e. The number of fused-ring (bicyclic) bond motifs is 1. The number of amides is 3. The molecule has 9 heteroatoms. The van der Waals surface area contributed by atoms with Crippen molar-refractivity contribution in [2.75, 3.05) is 18.4 Å². The van der Waals surface area contributed by atoms with Crippen LogP contribution in [0, 0.1) is 11.3 Å². The van der Waals surface area contributed by atoms with Gasteiger partial charge in [-0.3, -0.25) is 9.69 Å². The van der Waals surface area contributed by atoms with Crippen molar-refractivity contribution in [3.05, 3.63) is 76.6 Å². The predicted octanol–water partition coefficient (Wildman–Crippen LogP) is 3.32. The quantitative estimate of drug-likeness (QED) is 0.816. The monoisotopic (exact) mass is 421 g/mol. The van der Waals surface area contributed by atoms with Crippen molar-refractivity contribution in [1.82, 2.24) is 9.80 Å². The molecule has 0 fully saturated rings. The minimum absolute atomic E-state index is 0.0597. The summed E-state index contributed by atoms with van der Waals surface area (Å²) in [6.45, 7) is 0.956. The lowest BCUT2D eigenvalue weighted by atomic mass is 10.1. The van der Waals surface area contributed by atoms with Gasteiger partial charge in [-0.25, -0.2) is 4.79 Å². The first-order valence-corrected chi connectivity index (χ1v) is 9.49. The normalized spacial score (nSPS) is 15.4. The molecule has 4 rings (SSSR count). The van der Waals surface area contributed by atoms with Gasteiger partial charge in [0.05, 0.1) is 11.6 Å². The Morgan fingerprint density at radius 2 is 2.07 bits per heavy atom. The molecule has 2 aromatic rings. The first-order chi connectivity index (χ1) is 14.5. The number of halogens is 1. The molecule has 3 amide bonds. The number of nitriles is 1. The molecule has 30 heavy (non-hydrogen) atoms. The van der Waals surface area contributed by atoms with Crippen LogP contribution in [0.15, 0.2) is 65.5 Å². The summed E-state index contributed by atoms with van der Waals surface area (Å²) in [6.07, 6.45) is 1.28. The number of anilines is 1. The van der Waals surface area contributed by atoms with E-state index in [1.807, 2.05) is 6.07 Å². The standard InChI is InChI=1S/C21H16ClN5O3/c22-16-5-2-6-17(10-16)24-19(28)18-13-30-21-25-20(29)26(7-8-27(18)21)12-15-4-1-3-14(9-15)11-23/h1-6,9-10,13H,7-8,12H2,(H,24,28). The number of nitrogens with zero attached hydrogens (tertiary/aromatic N) is 4. The fraction of sp³-hybridized carbons (Fsp3) is 0.143. The summed E-state index contributed by atoms with van der Waals surface area (Å²) in [4.78, 5) is 32.3. The van der Waals surface area contributed by atoms with Gasteiger partial charge >= 0.3 is 12.1 Å². The van der Waals surface area contributed by atoms with Crippen molar-refractivity contribution in [3.8, 4) is 6.07 Å². The van der Waals surface area contributed by atoms with E-state index < -0.39 is 11.9 Å². The number of nitrogens with one attached hydrogen (secondary N) is 1. The smallest absolute Gasteiger partial charge is 0.348 e. The van der Waals surface area contributed by atoms with E-state index in [0.717, 1.165) is 5.56 Å². The third-order valence-corrected chi connectivity index (χ3v) is 4.83. The van der Waals surface area contributed by atoms with Crippen LogP contribution in [0.25, 0.3) is 0 Å². The number of ether oxygens (including phenoxy) is 1. The lowest BCUT2D eigenvalue weighted by Gasteiger charge is -2.21. The van der Waals surface area contributed by atoms with Gasteiger partial charge in [-0.2, -0.15) is 5.26 Å². The van der Waals surface area contributed by atoms with Crippen LogP contribution in [0.1, 0.15) is 11.1 Å². The van der Waals surface area contributed by atoms with E-state index in [1.54, 1.807) is 47.4 Å². The Bertz CT molecular complexity index is 1120. The van der Waals surface area contributed by atoms with E-state index in [-0.39, 0.29) is 11.7 Å².